The molecule has 0 fully saturated rings. The molecule has 1 rings (SSSR count). The van der Waals surface area contributed by atoms with Crippen LogP contribution in [0.25, 0.3) is 0 Å². The van der Waals surface area contributed by atoms with E-state index in [-0.39, 0.29) is 6.61 Å². The smallest absolute Gasteiger partial charge is 0.120 e. The molecule has 0 saturated carbocycles. The maximum atomic E-state index is 8.65. The molecular formula is C15H20O4. The number of hydrogen-bond donors (Lipinski definition) is 1. The van der Waals surface area contributed by atoms with Gasteiger partial charge in [-0.3, -0.25) is 0 Å². The van der Waals surface area contributed by atoms with E-state index in [2.05, 4.69) is 11.8 Å². The molecule has 19 heavy (non-hydrogen) atoms. The van der Waals surface area contributed by atoms with Crippen molar-refractivity contribution in [2.45, 2.75) is 6.42 Å². The average molecular weight is 264 g/mol. The lowest BCUT2D eigenvalue weighted by atomic mass is 10.2. The van der Waals surface area contributed by atoms with Gasteiger partial charge in [-0.05, 0) is 18.2 Å². The number of ether oxygens (including phenoxy) is 3. The Kier molecular flexibility index (Phi) is 8.48. The Morgan fingerprint density at radius 3 is 2.79 bits per heavy atom. The highest BCUT2D eigenvalue weighted by Crippen LogP contribution is 2.12. The van der Waals surface area contributed by atoms with Crippen molar-refractivity contribution in [3.05, 3.63) is 29.8 Å². The molecule has 1 aromatic carbocycles. The molecule has 0 amide bonds. The fourth-order valence-corrected chi connectivity index (χ4v) is 1.35. The van der Waals surface area contributed by atoms with Gasteiger partial charge in [-0.2, -0.15) is 0 Å². The Balaban J connectivity index is 2.30. The number of hydrogen-bond acceptors (Lipinski definition) is 4. The third-order valence-corrected chi connectivity index (χ3v) is 2.23. The van der Waals surface area contributed by atoms with E-state index in [4.69, 9.17) is 19.3 Å². The minimum Gasteiger partial charge on any atom is -0.491 e. The number of aliphatic hydroxyl groups excluding tert-OH is 1. The van der Waals surface area contributed by atoms with Crippen LogP contribution in [0.1, 0.15) is 12.0 Å². The van der Waals surface area contributed by atoms with E-state index in [1.165, 1.54) is 0 Å². The van der Waals surface area contributed by atoms with Crippen LogP contribution in [0.2, 0.25) is 0 Å². The van der Waals surface area contributed by atoms with Crippen molar-refractivity contribution in [3.63, 3.8) is 0 Å². The van der Waals surface area contributed by atoms with E-state index in [1.807, 2.05) is 24.3 Å². The van der Waals surface area contributed by atoms with Crippen molar-refractivity contribution >= 4 is 0 Å². The Morgan fingerprint density at radius 1 is 1.16 bits per heavy atom. The maximum Gasteiger partial charge on any atom is 0.120 e. The lowest BCUT2D eigenvalue weighted by Gasteiger charge is -2.07. The molecule has 0 unspecified atom stereocenters. The molecule has 0 atom stereocenters. The van der Waals surface area contributed by atoms with E-state index in [0.717, 1.165) is 11.3 Å². The van der Waals surface area contributed by atoms with E-state index in [1.54, 1.807) is 7.11 Å². The highest BCUT2D eigenvalue weighted by atomic mass is 16.5. The van der Waals surface area contributed by atoms with Gasteiger partial charge in [-0.15, -0.1) is 0 Å². The second-order valence-corrected chi connectivity index (χ2v) is 3.76. The van der Waals surface area contributed by atoms with Crippen molar-refractivity contribution in [2.75, 3.05) is 40.1 Å². The van der Waals surface area contributed by atoms with Crippen molar-refractivity contribution in [2.24, 2.45) is 0 Å². The summed E-state index contributed by atoms with van der Waals surface area (Å²) in [6.45, 7) is 2.28. The van der Waals surface area contributed by atoms with Gasteiger partial charge in [0.25, 0.3) is 0 Å². The Hall–Kier alpha value is -1.54. The second kappa shape index (κ2) is 10.4. The summed E-state index contributed by atoms with van der Waals surface area (Å²) in [6.07, 6.45) is 0.485. The summed E-state index contributed by atoms with van der Waals surface area (Å²) in [5, 5.41) is 8.65. The fourth-order valence-electron chi connectivity index (χ4n) is 1.35. The summed E-state index contributed by atoms with van der Waals surface area (Å²) >= 11 is 0. The molecule has 0 radical (unpaired) electrons. The van der Waals surface area contributed by atoms with Crippen molar-refractivity contribution < 1.29 is 19.3 Å². The maximum absolute atomic E-state index is 8.65. The van der Waals surface area contributed by atoms with E-state index >= 15 is 0 Å². The molecule has 0 bridgehead atoms. The minimum absolute atomic E-state index is 0.0853. The zero-order chi connectivity index (χ0) is 13.8. The summed E-state index contributed by atoms with van der Waals surface area (Å²) in [6, 6.07) is 7.56. The van der Waals surface area contributed by atoms with E-state index in [9.17, 15) is 0 Å². The predicted octanol–water partition coefficient (Wildman–Crippen LogP) is 1.46. The monoisotopic (exact) mass is 264 g/mol. The molecular weight excluding hydrogens is 244 g/mol. The van der Waals surface area contributed by atoms with Crippen molar-refractivity contribution in [1.82, 2.24) is 0 Å². The lowest BCUT2D eigenvalue weighted by Crippen LogP contribution is -2.09. The molecule has 0 aliphatic rings. The molecule has 0 aliphatic heterocycles. The standard InChI is InChI=1S/C15H20O4/c1-17-9-10-18-11-12-19-15-7-4-6-14(13-15)5-2-3-8-16/h4,6-7,13,16H,3,8-12H2,1H3. The molecule has 0 aromatic heterocycles. The zero-order valence-corrected chi connectivity index (χ0v) is 11.2. The molecule has 0 aliphatic carbocycles. The highest BCUT2D eigenvalue weighted by Gasteiger charge is 1.95. The number of aliphatic hydroxyl groups is 1. The van der Waals surface area contributed by atoms with Crippen LogP contribution >= 0.6 is 0 Å². The van der Waals surface area contributed by atoms with Gasteiger partial charge in [0, 0.05) is 19.1 Å². The lowest BCUT2D eigenvalue weighted by molar-refractivity contribution is 0.0544. The average Bonchev–Trinajstić information content (AvgIpc) is 2.43. The van der Waals surface area contributed by atoms with Crippen LogP contribution < -0.4 is 4.74 Å². The Bertz CT molecular complexity index is 406. The SMILES string of the molecule is COCCOCCOc1cccc(C#CCCO)c1. The Morgan fingerprint density at radius 2 is 2.00 bits per heavy atom. The minimum atomic E-state index is 0.0853. The summed E-state index contributed by atoms with van der Waals surface area (Å²) in [7, 11) is 1.64. The fraction of sp³-hybridized carbons (Fsp3) is 0.467. The molecule has 0 spiro atoms. The molecule has 4 nitrogen and oxygen atoms in total. The zero-order valence-electron chi connectivity index (χ0n) is 11.2. The number of rotatable bonds is 8. The van der Waals surface area contributed by atoms with Gasteiger partial charge in [0.2, 0.25) is 0 Å². The molecule has 104 valence electrons. The Labute approximate surface area is 114 Å². The van der Waals surface area contributed by atoms with Crippen LogP contribution in [0.4, 0.5) is 0 Å². The van der Waals surface area contributed by atoms with Crippen LogP contribution in [-0.2, 0) is 9.47 Å². The van der Waals surface area contributed by atoms with Crippen molar-refractivity contribution in [1.29, 1.82) is 0 Å². The topological polar surface area (TPSA) is 47.9 Å². The molecule has 0 heterocycles. The van der Waals surface area contributed by atoms with Crippen LogP contribution in [0.3, 0.4) is 0 Å². The molecule has 1 aromatic rings. The van der Waals surface area contributed by atoms with Crippen LogP contribution in [0, 0.1) is 11.8 Å². The largest absolute Gasteiger partial charge is 0.491 e. The first-order valence-electron chi connectivity index (χ1n) is 6.26. The molecule has 4 heteroatoms. The van der Waals surface area contributed by atoms with Crippen LogP contribution in [0.5, 0.6) is 5.75 Å². The third kappa shape index (κ3) is 7.47. The first-order valence-corrected chi connectivity index (χ1v) is 6.26. The van der Waals surface area contributed by atoms with Gasteiger partial charge in [-0.1, -0.05) is 17.9 Å². The third-order valence-electron chi connectivity index (χ3n) is 2.23. The van der Waals surface area contributed by atoms with Crippen molar-refractivity contribution in [3.8, 4) is 17.6 Å². The van der Waals surface area contributed by atoms with Gasteiger partial charge in [-0.25, -0.2) is 0 Å². The summed E-state index contributed by atoms with van der Waals surface area (Å²) < 4.78 is 15.7. The molecule has 0 saturated heterocycles. The van der Waals surface area contributed by atoms with Gasteiger partial charge in [0.15, 0.2) is 0 Å². The quantitative estimate of drug-likeness (QED) is 0.570. The van der Waals surface area contributed by atoms with E-state index in [0.29, 0.717) is 32.8 Å². The van der Waals surface area contributed by atoms with Gasteiger partial charge in [0.1, 0.15) is 12.4 Å². The number of methoxy groups -OCH3 is 1. The summed E-state index contributed by atoms with van der Waals surface area (Å²) in [5.41, 5.74) is 0.881. The van der Waals surface area contributed by atoms with E-state index < -0.39 is 0 Å². The van der Waals surface area contributed by atoms with Gasteiger partial charge in [0.05, 0.1) is 26.4 Å². The first kappa shape index (κ1) is 15.5. The second-order valence-electron chi connectivity index (χ2n) is 3.76. The first-order chi connectivity index (χ1) is 9.36. The summed E-state index contributed by atoms with van der Waals surface area (Å²) in [4.78, 5) is 0. The van der Waals surface area contributed by atoms with Crippen LogP contribution in [-0.4, -0.2) is 45.3 Å². The normalized spacial score (nSPS) is 9.79. The number of benzene rings is 1. The van der Waals surface area contributed by atoms with Gasteiger partial charge < -0.3 is 19.3 Å². The van der Waals surface area contributed by atoms with Crippen LogP contribution in [0.15, 0.2) is 24.3 Å². The summed E-state index contributed by atoms with van der Waals surface area (Å²) in [5.74, 6) is 6.61. The predicted molar refractivity (Wildman–Crippen MR) is 73.2 cm³/mol. The molecule has 1 N–H and O–H groups in total. The van der Waals surface area contributed by atoms with Gasteiger partial charge >= 0.3 is 0 Å². The highest BCUT2D eigenvalue weighted by molar-refractivity contribution is 5.39.